The van der Waals surface area contributed by atoms with Crippen LogP contribution in [-0.2, 0) is 11.0 Å². The maximum absolute atomic E-state index is 13.1. The number of hydrogen-bond acceptors (Lipinski definition) is 4. The monoisotopic (exact) mass is 421 g/mol. The summed E-state index contributed by atoms with van der Waals surface area (Å²) in [4.78, 5) is 29.5. The molecule has 1 heterocycles. The van der Waals surface area contributed by atoms with Crippen LogP contribution in [0.3, 0.4) is 0 Å². The summed E-state index contributed by atoms with van der Waals surface area (Å²) < 4.78 is 40.7. The molecule has 5 nitrogen and oxygen atoms in total. The molecule has 0 fully saturated rings. The molecular formula is C20H18F3N3O2S. The Kier molecular flexibility index (Phi) is 5.97. The molecule has 1 aromatic heterocycles. The van der Waals surface area contributed by atoms with Gasteiger partial charge in [-0.25, -0.2) is 4.98 Å². The molecule has 1 amide bonds. The van der Waals surface area contributed by atoms with Crippen molar-refractivity contribution in [2.24, 2.45) is 0 Å². The topological polar surface area (TPSA) is 64.0 Å². The van der Waals surface area contributed by atoms with Gasteiger partial charge in [-0.3, -0.25) is 14.2 Å². The molecular weight excluding hydrogens is 403 g/mol. The second-order valence-electron chi connectivity index (χ2n) is 6.56. The first-order chi connectivity index (χ1) is 13.7. The number of anilines is 1. The lowest BCUT2D eigenvalue weighted by molar-refractivity contribution is -0.137. The number of nitrogens with one attached hydrogen (secondary N) is 1. The summed E-state index contributed by atoms with van der Waals surface area (Å²) in [5.41, 5.74) is -0.949. The van der Waals surface area contributed by atoms with Gasteiger partial charge in [-0.2, -0.15) is 13.2 Å². The smallest absolute Gasteiger partial charge is 0.325 e. The SMILES string of the molecule is CC(C)n1c(SCC(=O)Nc2ccccc2C(F)(F)F)nc2ccccc2c1=O. The first-order valence-corrected chi connectivity index (χ1v) is 9.77. The zero-order chi connectivity index (χ0) is 21.2. The Labute approximate surface area is 169 Å². The van der Waals surface area contributed by atoms with Gasteiger partial charge in [0.05, 0.1) is 27.9 Å². The summed E-state index contributed by atoms with van der Waals surface area (Å²) in [6.45, 7) is 3.64. The number of thioether (sulfide) groups is 1. The molecule has 29 heavy (non-hydrogen) atoms. The molecule has 0 unspecified atom stereocenters. The molecule has 0 saturated carbocycles. The largest absolute Gasteiger partial charge is 0.418 e. The van der Waals surface area contributed by atoms with Crippen LogP contribution in [0.5, 0.6) is 0 Å². The number of halogens is 3. The van der Waals surface area contributed by atoms with Crippen molar-refractivity contribution >= 4 is 34.3 Å². The third kappa shape index (κ3) is 4.61. The van der Waals surface area contributed by atoms with Gasteiger partial charge < -0.3 is 5.32 Å². The van der Waals surface area contributed by atoms with E-state index in [0.29, 0.717) is 16.1 Å². The van der Waals surface area contributed by atoms with Crippen molar-refractivity contribution in [1.82, 2.24) is 9.55 Å². The molecule has 0 aliphatic heterocycles. The van der Waals surface area contributed by atoms with E-state index in [-0.39, 0.29) is 23.0 Å². The highest BCUT2D eigenvalue weighted by molar-refractivity contribution is 7.99. The van der Waals surface area contributed by atoms with E-state index in [2.05, 4.69) is 10.3 Å². The minimum Gasteiger partial charge on any atom is -0.325 e. The highest BCUT2D eigenvalue weighted by Crippen LogP contribution is 2.34. The van der Waals surface area contributed by atoms with Crippen molar-refractivity contribution in [3.05, 3.63) is 64.4 Å². The van der Waals surface area contributed by atoms with Crippen molar-refractivity contribution in [1.29, 1.82) is 0 Å². The second kappa shape index (κ2) is 8.28. The predicted molar refractivity (Wildman–Crippen MR) is 107 cm³/mol. The van der Waals surface area contributed by atoms with Crippen LogP contribution < -0.4 is 10.9 Å². The van der Waals surface area contributed by atoms with E-state index in [1.54, 1.807) is 24.3 Å². The van der Waals surface area contributed by atoms with Gasteiger partial charge in [0.15, 0.2) is 5.16 Å². The number of carbonyl (C=O) groups excluding carboxylic acids is 1. The maximum atomic E-state index is 13.1. The number of amides is 1. The Balaban J connectivity index is 1.84. The highest BCUT2D eigenvalue weighted by Gasteiger charge is 2.33. The Bertz CT molecular complexity index is 1110. The van der Waals surface area contributed by atoms with Gasteiger partial charge in [0.1, 0.15) is 0 Å². The number of alkyl halides is 3. The summed E-state index contributed by atoms with van der Waals surface area (Å²) in [5.74, 6) is -0.812. The minimum absolute atomic E-state index is 0.191. The first kappa shape index (κ1) is 20.9. The lowest BCUT2D eigenvalue weighted by Gasteiger charge is -2.16. The third-order valence-corrected chi connectivity index (χ3v) is 5.08. The fraction of sp³-hybridized carbons (Fsp3) is 0.250. The molecule has 3 rings (SSSR count). The lowest BCUT2D eigenvalue weighted by atomic mass is 10.1. The summed E-state index contributed by atoms with van der Waals surface area (Å²) in [6.07, 6.45) is -4.57. The molecule has 0 aliphatic carbocycles. The average molecular weight is 421 g/mol. The van der Waals surface area contributed by atoms with Gasteiger partial charge in [0.2, 0.25) is 5.91 Å². The van der Waals surface area contributed by atoms with Crippen molar-refractivity contribution < 1.29 is 18.0 Å². The number of carbonyl (C=O) groups is 1. The number of nitrogens with zero attached hydrogens (tertiary/aromatic N) is 2. The van der Waals surface area contributed by atoms with Crippen LogP contribution in [0.2, 0.25) is 0 Å². The fourth-order valence-corrected chi connectivity index (χ4v) is 3.77. The predicted octanol–water partition coefficient (Wildman–Crippen LogP) is 4.73. The molecule has 9 heteroatoms. The highest BCUT2D eigenvalue weighted by atomic mass is 32.2. The van der Waals surface area contributed by atoms with E-state index in [1.165, 1.54) is 22.8 Å². The van der Waals surface area contributed by atoms with Gasteiger partial charge in [0.25, 0.3) is 5.56 Å². The molecule has 0 radical (unpaired) electrons. The van der Waals surface area contributed by atoms with Crippen LogP contribution in [0, 0.1) is 0 Å². The lowest BCUT2D eigenvalue weighted by Crippen LogP contribution is -2.26. The van der Waals surface area contributed by atoms with Crippen LogP contribution >= 0.6 is 11.8 Å². The second-order valence-corrected chi connectivity index (χ2v) is 7.50. The number of hydrogen-bond donors (Lipinski definition) is 1. The van der Waals surface area contributed by atoms with Gasteiger partial charge >= 0.3 is 6.18 Å². The van der Waals surface area contributed by atoms with E-state index in [9.17, 15) is 22.8 Å². The Morgan fingerprint density at radius 2 is 1.79 bits per heavy atom. The molecule has 2 aromatic carbocycles. The van der Waals surface area contributed by atoms with E-state index >= 15 is 0 Å². The van der Waals surface area contributed by atoms with Gasteiger partial charge in [-0.05, 0) is 38.1 Å². The van der Waals surface area contributed by atoms with Crippen molar-refractivity contribution in [3.63, 3.8) is 0 Å². The molecule has 0 bridgehead atoms. The maximum Gasteiger partial charge on any atom is 0.418 e. The molecule has 152 valence electrons. The summed E-state index contributed by atoms with van der Waals surface area (Å²) in [6, 6.07) is 11.5. The zero-order valence-corrected chi connectivity index (χ0v) is 16.5. The minimum atomic E-state index is -4.57. The summed E-state index contributed by atoms with van der Waals surface area (Å²) in [7, 11) is 0. The average Bonchev–Trinajstić information content (AvgIpc) is 2.65. The molecule has 0 atom stereocenters. The summed E-state index contributed by atoms with van der Waals surface area (Å²) >= 11 is 1.00. The van der Waals surface area contributed by atoms with E-state index in [0.717, 1.165) is 17.8 Å². The normalized spacial score (nSPS) is 11.8. The number of rotatable bonds is 5. The van der Waals surface area contributed by atoms with Crippen LogP contribution in [0.25, 0.3) is 10.9 Å². The summed E-state index contributed by atoms with van der Waals surface area (Å²) in [5, 5.41) is 3.10. The van der Waals surface area contributed by atoms with Crippen molar-refractivity contribution in [3.8, 4) is 0 Å². The van der Waals surface area contributed by atoms with E-state index in [1.807, 2.05) is 13.8 Å². The number of aromatic nitrogens is 2. The quantitative estimate of drug-likeness (QED) is 0.478. The van der Waals surface area contributed by atoms with Crippen LogP contribution in [0.1, 0.15) is 25.5 Å². The van der Waals surface area contributed by atoms with Gasteiger partial charge in [-0.1, -0.05) is 36.0 Å². The zero-order valence-electron chi connectivity index (χ0n) is 15.7. The Morgan fingerprint density at radius 3 is 2.48 bits per heavy atom. The molecule has 1 N–H and O–H groups in total. The number of para-hydroxylation sites is 2. The van der Waals surface area contributed by atoms with Gasteiger partial charge in [-0.15, -0.1) is 0 Å². The van der Waals surface area contributed by atoms with Crippen molar-refractivity contribution in [2.75, 3.05) is 11.1 Å². The van der Waals surface area contributed by atoms with Crippen LogP contribution in [0.4, 0.5) is 18.9 Å². The number of benzene rings is 2. The standard InChI is InChI=1S/C20H18F3N3O2S/c1-12(2)26-18(28)13-7-3-5-9-15(13)25-19(26)29-11-17(27)24-16-10-6-4-8-14(16)20(21,22)23/h3-10,12H,11H2,1-2H3,(H,24,27). The van der Waals surface area contributed by atoms with Crippen LogP contribution in [0.15, 0.2) is 58.5 Å². The van der Waals surface area contributed by atoms with E-state index < -0.39 is 17.6 Å². The molecule has 0 saturated heterocycles. The molecule has 0 aliphatic rings. The van der Waals surface area contributed by atoms with E-state index in [4.69, 9.17) is 0 Å². The van der Waals surface area contributed by atoms with Crippen LogP contribution in [-0.4, -0.2) is 21.2 Å². The molecule has 0 spiro atoms. The Hall–Kier alpha value is -2.81. The Morgan fingerprint density at radius 1 is 1.14 bits per heavy atom. The number of fused-ring (bicyclic) bond motifs is 1. The van der Waals surface area contributed by atoms with Gasteiger partial charge in [0, 0.05) is 6.04 Å². The van der Waals surface area contributed by atoms with Crippen molar-refractivity contribution in [2.45, 2.75) is 31.2 Å². The fourth-order valence-electron chi connectivity index (χ4n) is 2.84. The third-order valence-electron chi connectivity index (χ3n) is 4.13. The first-order valence-electron chi connectivity index (χ1n) is 8.78. The molecule has 3 aromatic rings.